The number of piperidine rings is 1. The maximum atomic E-state index is 13.7. The molecule has 1 unspecified atom stereocenters. The number of anilines is 1. The zero-order valence-electron chi connectivity index (χ0n) is 14.8. The summed E-state index contributed by atoms with van der Waals surface area (Å²) >= 11 is 0. The molecule has 1 aromatic carbocycles. The molecule has 2 aliphatic rings. The third kappa shape index (κ3) is 2.74. The Bertz CT molecular complexity index is 791. The summed E-state index contributed by atoms with van der Waals surface area (Å²) in [7, 11) is 1.73. The highest BCUT2D eigenvalue weighted by Gasteiger charge is 2.55. The summed E-state index contributed by atoms with van der Waals surface area (Å²) in [5.74, 6) is -0.198. The van der Waals surface area contributed by atoms with E-state index in [-0.39, 0.29) is 23.4 Å². The molecule has 6 heteroatoms. The molecule has 1 amide bonds. The molecule has 136 valence electrons. The van der Waals surface area contributed by atoms with Crippen molar-refractivity contribution in [1.82, 2.24) is 9.88 Å². The van der Waals surface area contributed by atoms with Gasteiger partial charge in [-0.1, -0.05) is 6.07 Å². The fourth-order valence-corrected chi connectivity index (χ4v) is 4.25. The smallest absolute Gasteiger partial charge is 0.253 e. The van der Waals surface area contributed by atoms with E-state index < -0.39 is 0 Å². The molecule has 0 aliphatic carbocycles. The molecule has 3 heterocycles. The van der Waals surface area contributed by atoms with Gasteiger partial charge in [0.05, 0.1) is 11.6 Å². The number of hydrogen-bond donors (Lipinski definition) is 0. The molecular formula is C20H22FN3O2. The molecule has 0 saturated carbocycles. The van der Waals surface area contributed by atoms with Crippen LogP contribution in [0.25, 0.3) is 0 Å². The zero-order chi connectivity index (χ0) is 18.1. The van der Waals surface area contributed by atoms with Crippen molar-refractivity contribution in [2.45, 2.75) is 24.5 Å². The number of hydrogen-bond acceptors (Lipinski definition) is 4. The van der Waals surface area contributed by atoms with Crippen LogP contribution in [0.5, 0.6) is 0 Å². The predicted octanol–water partition coefficient (Wildman–Crippen LogP) is 2.73. The number of amides is 1. The fraction of sp³-hybridized carbons (Fsp3) is 0.400. The summed E-state index contributed by atoms with van der Waals surface area (Å²) < 4.78 is 19.4. The summed E-state index contributed by atoms with van der Waals surface area (Å²) in [6, 6.07) is 10.2. The molecule has 2 fully saturated rings. The maximum absolute atomic E-state index is 13.7. The number of halogens is 1. The Kier molecular flexibility index (Phi) is 4.36. The van der Waals surface area contributed by atoms with Crippen molar-refractivity contribution in [2.24, 2.45) is 0 Å². The van der Waals surface area contributed by atoms with Crippen LogP contribution in [0.2, 0.25) is 0 Å². The molecule has 2 aromatic rings. The van der Waals surface area contributed by atoms with Gasteiger partial charge < -0.3 is 14.5 Å². The molecule has 4 rings (SSSR count). The third-order valence-electron chi connectivity index (χ3n) is 5.73. The Morgan fingerprint density at radius 1 is 1.23 bits per heavy atom. The lowest BCUT2D eigenvalue weighted by Crippen LogP contribution is -2.74. The molecule has 1 aromatic heterocycles. The number of carbonyl (C=O) groups is 1. The van der Waals surface area contributed by atoms with E-state index in [2.05, 4.69) is 9.88 Å². The number of pyridine rings is 1. The summed E-state index contributed by atoms with van der Waals surface area (Å²) in [6.45, 7) is 2.07. The van der Waals surface area contributed by atoms with Crippen LogP contribution < -0.4 is 4.90 Å². The van der Waals surface area contributed by atoms with Gasteiger partial charge in [0.25, 0.3) is 5.91 Å². The van der Waals surface area contributed by atoms with E-state index in [1.165, 1.54) is 6.07 Å². The topological polar surface area (TPSA) is 45.7 Å². The number of carbonyl (C=O) groups excluding carboxylic acids is 1. The lowest BCUT2D eigenvalue weighted by atomic mass is 9.73. The van der Waals surface area contributed by atoms with Crippen LogP contribution in [0.1, 0.15) is 23.2 Å². The third-order valence-corrected chi connectivity index (χ3v) is 5.73. The minimum atomic E-state index is -0.233. The highest BCUT2D eigenvalue weighted by Crippen LogP contribution is 2.44. The van der Waals surface area contributed by atoms with Crippen molar-refractivity contribution < 1.29 is 13.9 Å². The second-order valence-corrected chi connectivity index (χ2v) is 6.95. The van der Waals surface area contributed by atoms with Crippen LogP contribution >= 0.6 is 0 Å². The van der Waals surface area contributed by atoms with Crippen molar-refractivity contribution >= 4 is 11.6 Å². The molecule has 1 atom stereocenters. The van der Waals surface area contributed by atoms with Gasteiger partial charge in [-0.25, -0.2) is 4.39 Å². The van der Waals surface area contributed by atoms with Gasteiger partial charge in [0.15, 0.2) is 0 Å². The standard InChI is InChI=1S/C20H22FN3O2/c1-26-18-14-24(17-4-2-3-16(21)13-17)20(18)7-11-23(12-8-20)19(25)15-5-9-22-10-6-15/h2-6,9-10,13,18H,7-8,11-12,14H2,1H3. The number of rotatable bonds is 3. The van der Waals surface area contributed by atoms with E-state index in [0.29, 0.717) is 18.7 Å². The number of aromatic nitrogens is 1. The van der Waals surface area contributed by atoms with Crippen molar-refractivity contribution in [3.8, 4) is 0 Å². The number of methoxy groups -OCH3 is 1. The molecule has 2 aliphatic heterocycles. The predicted molar refractivity (Wildman–Crippen MR) is 96.6 cm³/mol. The Morgan fingerprint density at radius 3 is 2.62 bits per heavy atom. The molecule has 5 nitrogen and oxygen atoms in total. The Labute approximate surface area is 152 Å². The zero-order valence-corrected chi connectivity index (χ0v) is 14.8. The molecule has 1 spiro atoms. The lowest BCUT2D eigenvalue weighted by molar-refractivity contribution is -0.0433. The van der Waals surface area contributed by atoms with E-state index in [0.717, 1.165) is 25.1 Å². The van der Waals surface area contributed by atoms with Gasteiger partial charge in [0.1, 0.15) is 5.82 Å². The van der Waals surface area contributed by atoms with Gasteiger partial charge in [-0.2, -0.15) is 0 Å². The first-order valence-electron chi connectivity index (χ1n) is 8.89. The molecule has 0 N–H and O–H groups in total. The highest BCUT2D eigenvalue weighted by molar-refractivity contribution is 5.94. The van der Waals surface area contributed by atoms with Crippen molar-refractivity contribution in [1.29, 1.82) is 0 Å². The van der Waals surface area contributed by atoms with Crippen LogP contribution in [0.4, 0.5) is 10.1 Å². The summed E-state index contributed by atoms with van der Waals surface area (Å²) in [4.78, 5) is 20.8. The van der Waals surface area contributed by atoms with Crippen LogP contribution in [0.3, 0.4) is 0 Å². The van der Waals surface area contributed by atoms with Gasteiger partial charge in [0.2, 0.25) is 0 Å². The number of nitrogens with zero attached hydrogens (tertiary/aromatic N) is 3. The first-order valence-corrected chi connectivity index (χ1v) is 8.89. The second kappa shape index (κ2) is 6.68. The van der Waals surface area contributed by atoms with E-state index in [1.54, 1.807) is 43.8 Å². The van der Waals surface area contributed by atoms with E-state index in [4.69, 9.17) is 4.74 Å². The van der Waals surface area contributed by atoms with Gasteiger partial charge in [-0.05, 0) is 43.2 Å². The Morgan fingerprint density at radius 2 is 1.96 bits per heavy atom. The highest BCUT2D eigenvalue weighted by atomic mass is 19.1. The number of benzene rings is 1. The van der Waals surface area contributed by atoms with E-state index in [9.17, 15) is 9.18 Å². The van der Waals surface area contributed by atoms with Gasteiger partial charge in [-0.15, -0.1) is 0 Å². The van der Waals surface area contributed by atoms with Gasteiger partial charge in [0, 0.05) is 50.4 Å². The average molecular weight is 355 g/mol. The fourth-order valence-electron chi connectivity index (χ4n) is 4.25. The number of likely N-dealkylation sites (tertiary alicyclic amines) is 1. The van der Waals surface area contributed by atoms with Crippen LogP contribution in [0.15, 0.2) is 48.8 Å². The molecule has 26 heavy (non-hydrogen) atoms. The lowest BCUT2D eigenvalue weighted by Gasteiger charge is -2.61. The minimum absolute atomic E-state index is 0.0350. The van der Waals surface area contributed by atoms with Gasteiger partial charge >= 0.3 is 0 Å². The summed E-state index contributed by atoms with van der Waals surface area (Å²) in [5.41, 5.74) is 1.37. The second-order valence-electron chi connectivity index (χ2n) is 6.95. The molecular weight excluding hydrogens is 333 g/mol. The number of ether oxygens (including phenoxy) is 1. The Hall–Kier alpha value is -2.47. The Balaban J connectivity index is 1.51. The SMILES string of the molecule is COC1CN(c2cccc(F)c2)C12CCN(C(=O)c1ccncc1)CC2. The van der Waals surface area contributed by atoms with E-state index >= 15 is 0 Å². The monoisotopic (exact) mass is 355 g/mol. The van der Waals surface area contributed by atoms with Crippen molar-refractivity contribution in [3.63, 3.8) is 0 Å². The van der Waals surface area contributed by atoms with Crippen LogP contribution in [-0.2, 0) is 4.74 Å². The molecule has 0 bridgehead atoms. The van der Waals surface area contributed by atoms with E-state index in [1.807, 2.05) is 11.0 Å². The van der Waals surface area contributed by atoms with Crippen LogP contribution in [0, 0.1) is 5.82 Å². The van der Waals surface area contributed by atoms with Gasteiger partial charge in [-0.3, -0.25) is 9.78 Å². The normalized spacial score (nSPS) is 21.5. The quantitative estimate of drug-likeness (QED) is 0.849. The van der Waals surface area contributed by atoms with Crippen molar-refractivity contribution in [3.05, 3.63) is 60.2 Å². The maximum Gasteiger partial charge on any atom is 0.253 e. The first-order chi connectivity index (χ1) is 12.6. The van der Waals surface area contributed by atoms with Crippen molar-refractivity contribution in [2.75, 3.05) is 31.6 Å². The average Bonchev–Trinajstić information content (AvgIpc) is 2.68. The molecule has 2 saturated heterocycles. The largest absolute Gasteiger partial charge is 0.377 e. The van der Waals surface area contributed by atoms with Crippen LogP contribution in [-0.4, -0.2) is 54.2 Å². The minimum Gasteiger partial charge on any atom is -0.377 e. The summed E-state index contributed by atoms with van der Waals surface area (Å²) in [6.07, 6.45) is 4.98. The summed E-state index contributed by atoms with van der Waals surface area (Å²) in [5, 5.41) is 0. The molecule has 0 radical (unpaired) electrons. The first kappa shape index (κ1) is 17.0.